The minimum absolute atomic E-state index is 0. The number of hydrogen-bond donors (Lipinski definition) is 2. The SMILES string of the molecule is CCNC(=NCCS(=O)C(C)(C)C)NC1CCN(Cc2ccccc2)CC1.I. The molecule has 1 aliphatic heterocycles. The van der Waals surface area contributed by atoms with Crippen LogP contribution >= 0.6 is 24.0 Å². The van der Waals surface area contributed by atoms with E-state index in [2.05, 4.69) is 57.8 Å². The van der Waals surface area contributed by atoms with Gasteiger partial charge in [-0.1, -0.05) is 30.3 Å². The van der Waals surface area contributed by atoms with E-state index in [0.29, 0.717) is 18.3 Å². The van der Waals surface area contributed by atoms with Gasteiger partial charge in [-0.3, -0.25) is 14.1 Å². The number of nitrogens with zero attached hydrogens (tertiary/aromatic N) is 2. The number of hydrogen-bond acceptors (Lipinski definition) is 3. The second-order valence-corrected chi connectivity index (χ2v) is 10.4. The van der Waals surface area contributed by atoms with E-state index in [0.717, 1.165) is 45.0 Å². The third kappa shape index (κ3) is 9.22. The molecule has 160 valence electrons. The van der Waals surface area contributed by atoms with E-state index in [1.54, 1.807) is 0 Å². The molecule has 1 saturated heterocycles. The number of halogens is 1. The van der Waals surface area contributed by atoms with Crippen LogP contribution in [-0.4, -0.2) is 57.8 Å². The molecule has 1 unspecified atom stereocenters. The monoisotopic (exact) mass is 520 g/mol. The van der Waals surface area contributed by atoms with Gasteiger partial charge in [0.1, 0.15) is 0 Å². The van der Waals surface area contributed by atoms with Crippen molar-refractivity contribution in [2.24, 2.45) is 4.99 Å². The molecule has 1 heterocycles. The van der Waals surface area contributed by atoms with Gasteiger partial charge in [0.05, 0.1) is 6.54 Å². The van der Waals surface area contributed by atoms with Crippen LogP contribution in [-0.2, 0) is 17.3 Å². The maximum Gasteiger partial charge on any atom is 0.191 e. The average molecular weight is 521 g/mol. The molecule has 0 bridgehead atoms. The van der Waals surface area contributed by atoms with E-state index < -0.39 is 10.8 Å². The molecular weight excluding hydrogens is 483 g/mol. The Morgan fingerprint density at radius 3 is 2.43 bits per heavy atom. The summed E-state index contributed by atoms with van der Waals surface area (Å²) in [6.07, 6.45) is 2.23. The summed E-state index contributed by atoms with van der Waals surface area (Å²) in [5.41, 5.74) is 1.38. The zero-order valence-corrected chi connectivity index (χ0v) is 20.9. The van der Waals surface area contributed by atoms with Crippen molar-refractivity contribution in [1.29, 1.82) is 0 Å². The molecule has 1 aromatic rings. The Balaban J connectivity index is 0.00000392. The summed E-state index contributed by atoms with van der Waals surface area (Å²) in [5.74, 6) is 1.46. The summed E-state index contributed by atoms with van der Waals surface area (Å²) in [7, 11) is -0.858. The minimum Gasteiger partial charge on any atom is -0.357 e. The molecule has 1 aromatic carbocycles. The minimum atomic E-state index is -0.858. The van der Waals surface area contributed by atoms with E-state index in [9.17, 15) is 4.21 Å². The Kier molecular flexibility index (Phi) is 11.6. The van der Waals surface area contributed by atoms with Crippen LogP contribution in [0.2, 0.25) is 0 Å². The molecule has 0 spiro atoms. The first-order chi connectivity index (χ1) is 12.9. The second-order valence-electron chi connectivity index (χ2n) is 8.10. The van der Waals surface area contributed by atoms with Crippen LogP contribution in [0.4, 0.5) is 0 Å². The van der Waals surface area contributed by atoms with Crippen molar-refractivity contribution in [2.45, 2.75) is 57.9 Å². The maximum absolute atomic E-state index is 12.2. The summed E-state index contributed by atoms with van der Waals surface area (Å²) in [4.78, 5) is 7.15. The van der Waals surface area contributed by atoms with Crippen LogP contribution in [0.5, 0.6) is 0 Å². The highest BCUT2D eigenvalue weighted by Crippen LogP contribution is 2.14. The maximum atomic E-state index is 12.2. The van der Waals surface area contributed by atoms with E-state index in [-0.39, 0.29) is 28.7 Å². The topological polar surface area (TPSA) is 56.7 Å². The lowest BCUT2D eigenvalue weighted by molar-refractivity contribution is 0.198. The first kappa shape index (κ1) is 25.4. The molecule has 0 radical (unpaired) electrons. The largest absolute Gasteiger partial charge is 0.357 e. The highest BCUT2D eigenvalue weighted by Gasteiger charge is 2.21. The Labute approximate surface area is 190 Å². The van der Waals surface area contributed by atoms with Gasteiger partial charge in [-0.2, -0.15) is 0 Å². The van der Waals surface area contributed by atoms with Crippen LogP contribution in [0, 0.1) is 0 Å². The summed E-state index contributed by atoms with van der Waals surface area (Å²) in [6, 6.07) is 11.1. The molecule has 2 rings (SSSR count). The summed E-state index contributed by atoms with van der Waals surface area (Å²) in [6.45, 7) is 12.8. The van der Waals surface area contributed by atoms with E-state index >= 15 is 0 Å². The number of likely N-dealkylation sites (tertiary alicyclic amines) is 1. The van der Waals surface area contributed by atoms with Gasteiger partial charge < -0.3 is 10.6 Å². The molecule has 1 atom stereocenters. The predicted molar refractivity (Wildman–Crippen MR) is 132 cm³/mol. The number of nitrogens with one attached hydrogen (secondary N) is 2. The summed E-state index contributed by atoms with van der Waals surface area (Å²) in [5, 5.41) is 6.89. The Hall–Kier alpha value is -0.670. The van der Waals surface area contributed by atoms with Crippen LogP contribution in [0.15, 0.2) is 35.3 Å². The Bertz CT molecular complexity index is 611. The fourth-order valence-electron chi connectivity index (χ4n) is 3.14. The zero-order chi connectivity index (χ0) is 19.7. The van der Waals surface area contributed by atoms with Crippen LogP contribution in [0.3, 0.4) is 0 Å². The highest BCUT2D eigenvalue weighted by atomic mass is 127. The lowest BCUT2D eigenvalue weighted by atomic mass is 10.0. The zero-order valence-electron chi connectivity index (χ0n) is 17.7. The van der Waals surface area contributed by atoms with Gasteiger partial charge in [0.15, 0.2) is 5.96 Å². The Morgan fingerprint density at radius 1 is 1.21 bits per heavy atom. The number of piperidine rings is 1. The molecule has 0 aliphatic carbocycles. The van der Waals surface area contributed by atoms with E-state index in [1.807, 2.05) is 20.8 Å². The number of rotatable bonds is 7. The molecule has 1 aliphatic rings. The number of aliphatic imine (C=N–C) groups is 1. The van der Waals surface area contributed by atoms with Gasteiger partial charge in [-0.25, -0.2) is 0 Å². The van der Waals surface area contributed by atoms with Crippen molar-refractivity contribution < 1.29 is 4.21 Å². The highest BCUT2D eigenvalue weighted by molar-refractivity contribution is 14.0. The molecular formula is C21H37IN4OS. The summed E-state index contributed by atoms with van der Waals surface area (Å²) >= 11 is 0. The third-order valence-corrected chi connectivity index (χ3v) is 6.67. The first-order valence-corrected chi connectivity index (χ1v) is 11.4. The lowest BCUT2D eigenvalue weighted by Gasteiger charge is -2.33. The molecule has 1 fully saturated rings. The fourth-order valence-corrected chi connectivity index (χ4v) is 4.01. The molecule has 28 heavy (non-hydrogen) atoms. The summed E-state index contributed by atoms with van der Waals surface area (Å²) < 4.78 is 12.0. The van der Waals surface area contributed by atoms with Crippen LogP contribution < -0.4 is 10.6 Å². The smallest absolute Gasteiger partial charge is 0.191 e. The van der Waals surface area contributed by atoms with E-state index in [1.165, 1.54) is 5.56 Å². The van der Waals surface area contributed by atoms with E-state index in [4.69, 9.17) is 0 Å². The van der Waals surface area contributed by atoms with Crippen molar-refractivity contribution in [3.8, 4) is 0 Å². The van der Waals surface area contributed by atoms with Crippen LogP contribution in [0.25, 0.3) is 0 Å². The quantitative estimate of drug-likeness (QED) is 0.329. The molecule has 5 nitrogen and oxygen atoms in total. The number of guanidine groups is 1. The van der Waals surface area contributed by atoms with Gasteiger partial charge in [0.25, 0.3) is 0 Å². The van der Waals surface area contributed by atoms with Crippen molar-refractivity contribution in [3.63, 3.8) is 0 Å². The Morgan fingerprint density at radius 2 is 1.86 bits per heavy atom. The molecule has 7 heteroatoms. The van der Waals surface area contributed by atoms with Crippen molar-refractivity contribution in [1.82, 2.24) is 15.5 Å². The predicted octanol–water partition coefficient (Wildman–Crippen LogP) is 3.37. The van der Waals surface area contributed by atoms with Gasteiger partial charge in [-0.15, -0.1) is 24.0 Å². The van der Waals surface area contributed by atoms with Crippen molar-refractivity contribution in [2.75, 3.05) is 31.9 Å². The molecule has 0 saturated carbocycles. The number of benzene rings is 1. The van der Waals surface area contributed by atoms with Crippen LogP contribution in [0.1, 0.15) is 46.1 Å². The fraction of sp³-hybridized carbons (Fsp3) is 0.667. The van der Waals surface area contributed by atoms with Gasteiger partial charge in [0, 0.05) is 53.5 Å². The first-order valence-electron chi connectivity index (χ1n) is 10.1. The van der Waals surface area contributed by atoms with Crippen molar-refractivity contribution >= 4 is 40.7 Å². The average Bonchev–Trinajstić information content (AvgIpc) is 2.63. The molecule has 0 aromatic heterocycles. The van der Waals surface area contributed by atoms with Gasteiger partial charge in [-0.05, 0) is 46.1 Å². The lowest BCUT2D eigenvalue weighted by Crippen LogP contribution is -2.48. The molecule has 0 amide bonds. The van der Waals surface area contributed by atoms with Gasteiger partial charge in [0.2, 0.25) is 0 Å². The van der Waals surface area contributed by atoms with Gasteiger partial charge >= 0.3 is 0 Å². The molecule has 2 N–H and O–H groups in total. The third-order valence-electron chi connectivity index (χ3n) is 4.75. The van der Waals surface area contributed by atoms with Crippen molar-refractivity contribution in [3.05, 3.63) is 35.9 Å². The normalized spacial score (nSPS) is 17.6. The second kappa shape index (κ2) is 12.8. The standard InChI is InChI=1S/C21H36N4OS.HI/c1-5-22-20(23-13-16-27(26)21(2,3)4)24-19-11-14-25(15-12-19)17-18-9-7-6-8-10-18;/h6-10,19H,5,11-17H2,1-4H3,(H2,22,23,24);1H.